The van der Waals surface area contributed by atoms with Gasteiger partial charge in [-0.05, 0) is 23.8 Å². The highest BCUT2D eigenvalue weighted by atomic mass is 35.5. The van der Waals surface area contributed by atoms with Gasteiger partial charge in [0, 0.05) is 24.2 Å². The molecule has 1 fully saturated rings. The zero-order valence-corrected chi connectivity index (χ0v) is 10.2. The number of carbonyl (C=O) groups is 1. The molecule has 1 saturated heterocycles. The third kappa shape index (κ3) is 3.58. The molecule has 1 aliphatic rings. The lowest BCUT2D eigenvalue weighted by Gasteiger charge is -2.25. The van der Waals surface area contributed by atoms with Crippen molar-refractivity contribution in [3.05, 3.63) is 40.9 Å². The molecule has 2 rings (SSSR count). The standard InChI is InChI=1S/C13H14ClNO2/c14-12-3-1-2-11(10-12)4-5-13(16)15-6-8-17-9-7-15/h1-5,10H,6-9H2/b5-4-. The summed E-state index contributed by atoms with van der Waals surface area (Å²) in [6.07, 6.45) is 3.36. The number of nitrogens with zero attached hydrogens (tertiary/aromatic N) is 1. The maximum absolute atomic E-state index is 11.8. The van der Waals surface area contributed by atoms with Crippen molar-refractivity contribution in [3.63, 3.8) is 0 Å². The van der Waals surface area contributed by atoms with Crippen molar-refractivity contribution in [3.8, 4) is 0 Å². The van der Waals surface area contributed by atoms with Gasteiger partial charge >= 0.3 is 0 Å². The van der Waals surface area contributed by atoms with Gasteiger partial charge in [-0.2, -0.15) is 0 Å². The van der Waals surface area contributed by atoms with Crippen LogP contribution in [0.1, 0.15) is 5.56 Å². The quantitative estimate of drug-likeness (QED) is 0.755. The lowest BCUT2D eigenvalue weighted by molar-refractivity contribution is -0.129. The Morgan fingerprint density at radius 2 is 2.12 bits per heavy atom. The molecule has 3 nitrogen and oxygen atoms in total. The van der Waals surface area contributed by atoms with Gasteiger partial charge in [-0.1, -0.05) is 23.7 Å². The van der Waals surface area contributed by atoms with E-state index in [1.165, 1.54) is 0 Å². The second-order valence-electron chi connectivity index (χ2n) is 3.83. The molecule has 17 heavy (non-hydrogen) atoms. The fraction of sp³-hybridized carbons (Fsp3) is 0.308. The minimum Gasteiger partial charge on any atom is -0.378 e. The molecule has 1 aromatic rings. The molecular weight excluding hydrogens is 238 g/mol. The van der Waals surface area contributed by atoms with Crippen molar-refractivity contribution in [1.29, 1.82) is 0 Å². The molecule has 4 heteroatoms. The van der Waals surface area contributed by atoms with Crippen LogP contribution in [0.5, 0.6) is 0 Å². The van der Waals surface area contributed by atoms with Gasteiger partial charge in [0.1, 0.15) is 0 Å². The van der Waals surface area contributed by atoms with Crippen molar-refractivity contribution in [2.75, 3.05) is 26.3 Å². The number of carbonyl (C=O) groups excluding carboxylic acids is 1. The number of halogens is 1. The molecule has 0 unspecified atom stereocenters. The second-order valence-corrected chi connectivity index (χ2v) is 4.26. The highest BCUT2D eigenvalue weighted by Crippen LogP contribution is 2.12. The molecule has 90 valence electrons. The number of morpholine rings is 1. The van der Waals surface area contributed by atoms with Crippen molar-refractivity contribution in [2.45, 2.75) is 0 Å². The minimum absolute atomic E-state index is 0.0216. The molecular formula is C13H14ClNO2. The lowest BCUT2D eigenvalue weighted by Crippen LogP contribution is -2.39. The molecule has 0 saturated carbocycles. The van der Waals surface area contributed by atoms with Crippen LogP contribution < -0.4 is 0 Å². The Balaban J connectivity index is 1.97. The first-order valence-electron chi connectivity index (χ1n) is 5.56. The van der Waals surface area contributed by atoms with Gasteiger partial charge in [0.15, 0.2) is 0 Å². The van der Waals surface area contributed by atoms with E-state index in [-0.39, 0.29) is 5.91 Å². The molecule has 1 aromatic carbocycles. The third-order valence-corrected chi connectivity index (χ3v) is 2.82. The van der Waals surface area contributed by atoms with Crippen LogP contribution in [0.3, 0.4) is 0 Å². The first kappa shape index (κ1) is 12.1. The number of hydrogen-bond acceptors (Lipinski definition) is 2. The summed E-state index contributed by atoms with van der Waals surface area (Å²) >= 11 is 5.86. The van der Waals surface area contributed by atoms with Crippen molar-refractivity contribution < 1.29 is 9.53 Å². The normalized spacial score (nSPS) is 16.4. The Kier molecular flexibility index (Phi) is 4.18. The zero-order chi connectivity index (χ0) is 12.1. The smallest absolute Gasteiger partial charge is 0.246 e. The highest BCUT2D eigenvalue weighted by molar-refractivity contribution is 6.30. The summed E-state index contributed by atoms with van der Waals surface area (Å²) in [4.78, 5) is 13.6. The maximum atomic E-state index is 11.8. The Morgan fingerprint density at radius 1 is 1.35 bits per heavy atom. The molecule has 0 aliphatic carbocycles. The number of rotatable bonds is 2. The Morgan fingerprint density at radius 3 is 2.82 bits per heavy atom. The minimum atomic E-state index is 0.0216. The van der Waals surface area contributed by atoms with Gasteiger partial charge in [0.2, 0.25) is 5.91 Å². The monoisotopic (exact) mass is 251 g/mol. The van der Waals surface area contributed by atoms with Crippen LogP contribution in [0.2, 0.25) is 5.02 Å². The van der Waals surface area contributed by atoms with Crippen LogP contribution in [-0.4, -0.2) is 37.1 Å². The van der Waals surface area contributed by atoms with Crippen molar-refractivity contribution in [2.24, 2.45) is 0 Å². The number of hydrogen-bond donors (Lipinski definition) is 0. The van der Waals surface area contributed by atoms with Gasteiger partial charge in [-0.25, -0.2) is 0 Å². The SMILES string of the molecule is O=C(/C=C\c1cccc(Cl)c1)N1CCOCC1. The first-order valence-corrected chi connectivity index (χ1v) is 5.94. The molecule has 0 radical (unpaired) electrons. The average molecular weight is 252 g/mol. The second kappa shape index (κ2) is 5.84. The fourth-order valence-electron chi connectivity index (χ4n) is 1.67. The van der Waals surface area contributed by atoms with Crippen molar-refractivity contribution >= 4 is 23.6 Å². The summed E-state index contributed by atoms with van der Waals surface area (Å²) in [5.41, 5.74) is 0.930. The molecule has 0 spiro atoms. The summed E-state index contributed by atoms with van der Waals surface area (Å²) in [5.74, 6) is 0.0216. The van der Waals surface area contributed by atoms with Crippen molar-refractivity contribution in [1.82, 2.24) is 4.90 Å². The average Bonchev–Trinajstić information content (AvgIpc) is 2.37. The molecule has 1 heterocycles. The predicted octanol–water partition coefficient (Wildman–Crippen LogP) is 2.21. The maximum Gasteiger partial charge on any atom is 0.246 e. The highest BCUT2D eigenvalue weighted by Gasteiger charge is 2.13. The molecule has 1 aliphatic heterocycles. The topological polar surface area (TPSA) is 29.5 Å². The lowest BCUT2D eigenvalue weighted by atomic mass is 10.2. The summed E-state index contributed by atoms with van der Waals surface area (Å²) in [7, 11) is 0. The van der Waals surface area contributed by atoms with E-state index in [4.69, 9.17) is 16.3 Å². The summed E-state index contributed by atoms with van der Waals surface area (Å²) in [6, 6.07) is 7.41. The largest absolute Gasteiger partial charge is 0.378 e. The summed E-state index contributed by atoms with van der Waals surface area (Å²) in [6.45, 7) is 2.57. The van der Waals surface area contributed by atoms with Gasteiger partial charge in [-0.3, -0.25) is 4.79 Å². The van der Waals surface area contributed by atoms with E-state index in [0.717, 1.165) is 5.56 Å². The van der Waals surface area contributed by atoms with E-state index >= 15 is 0 Å². The van der Waals surface area contributed by atoms with Gasteiger partial charge < -0.3 is 9.64 Å². The predicted molar refractivity (Wildman–Crippen MR) is 67.9 cm³/mol. The molecule has 0 bridgehead atoms. The third-order valence-electron chi connectivity index (χ3n) is 2.59. The Hall–Kier alpha value is -1.32. The molecule has 0 atom stereocenters. The van der Waals surface area contributed by atoms with Gasteiger partial charge in [0.05, 0.1) is 13.2 Å². The fourth-order valence-corrected chi connectivity index (χ4v) is 1.87. The van der Waals surface area contributed by atoms with E-state index in [1.807, 2.05) is 24.3 Å². The van der Waals surface area contributed by atoms with Crippen LogP contribution in [-0.2, 0) is 9.53 Å². The number of benzene rings is 1. The molecule has 1 amide bonds. The van der Waals surface area contributed by atoms with E-state index in [0.29, 0.717) is 31.3 Å². The zero-order valence-electron chi connectivity index (χ0n) is 9.43. The van der Waals surface area contributed by atoms with E-state index in [2.05, 4.69) is 0 Å². The van der Waals surface area contributed by atoms with Crippen LogP contribution in [0.25, 0.3) is 6.08 Å². The Bertz CT molecular complexity index is 425. The molecule has 0 N–H and O–H groups in total. The number of amides is 1. The van der Waals surface area contributed by atoms with E-state index in [9.17, 15) is 4.79 Å². The van der Waals surface area contributed by atoms with Crippen LogP contribution in [0, 0.1) is 0 Å². The van der Waals surface area contributed by atoms with E-state index < -0.39 is 0 Å². The van der Waals surface area contributed by atoms with Crippen LogP contribution >= 0.6 is 11.6 Å². The van der Waals surface area contributed by atoms with Gasteiger partial charge in [-0.15, -0.1) is 0 Å². The van der Waals surface area contributed by atoms with Crippen LogP contribution in [0.15, 0.2) is 30.3 Å². The summed E-state index contributed by atoms with van der Waals surface area (Å²) < 4.78 is 5.19. The molecule has 0 aromatic heterocycles. The van der Waals surface area contributed by atoms with E-state index in [1.54, 1.807) is 17.1 Å². The Labute approximate surface area is 106 Å². The summed E-state index contributed by atoms with van der Waals surface area (Å²) in [5, 5.41) is 0.672. The first-order chi connectivity index (χ1) is 8.25. The van der Waals surface area contributed by atoms with Gasteiger partial charge in [0.25, 0.3) is 0 Å². The number of ether oxygens (including phenoxy) is 1. The van der Waals surface area contributed by atoms with Crippen LogP contribution in [0.4, 0.5) is 0 Å².